The highest BCUT2D eigenvalue weighted by Crippen LogP contribution is 2.43. The molecule has 2 aromatic carbocycles. The summed E-state index contributed by atoms with van der Waals surface area (Å²) in [5.41, 5.74) is 1.20. The maximum atomic E-state index is 14.5. The molecule has 2 amide bonds. The van der Waals surface area contributed by atoms with Crippen molar-refractivity contribution in [3.63, 3.8) is 0 Å². The molecule has 10 heteroatoms. The molecule has 9 nitrogen and oxygen atoms in total. The number of aliphatic carboxylic acids is 1. The van der Waals surface area contributed by atoms with Crippen LogP contribution in [-0.4, -0.2) is 59.9 Å². The molecule has 1 aliphatic rings. The average Bonchev–Trinajstić information content (AvgIpc) is 3.22. The van der Waals surface area contributed by atoms with Crippen molar-refractivity contribution in [1.82, 2.24) is 10.2 Å². The standard InChI is InChI=1S/C36H51N3O6S/c1-9-46(44,45)28-13-10-12-27(24-28)31-33(43)39(36(8,38-31)21-11-20-34(2,3)4)29(18-22-35(5,6)7)25-14-16-26(17-15-25)32(42)37-23-19-30(40)41/h10,12-17,24,29H,9,11,18-23H2,1-8H3,(H,37,42)(H,40,41)/t29-,36?/m1/s1. The molecule has 0 bridgehead atoms. The van der Waals surface area contributed by atoms with E-state index in [2.05, 4.69) is 46.9 Å². The number of rotatable bonds is 14. The molecule has 1 aliphatic heterocycles. The number of nitrogens with zero attached hydrogens (tertiary/aromatic N) is 2. The summed E-state index contributed by atoms with van der Waals surface area (Å²) in [4.78, 5) is 45.2. The van der Waals surface area contributed by atoms with Gasteiger partial charge in [0, 0.05) is 17.7 Å². The van der Waals surface area contributed by atoms with Crippen LogP contribution in [0.25, 0.3) is 0 Å². The lowest BCUT2D eigenvalue weighted by atomic mass is 9.84. The van der Waals surface area contributed by atoms with E-state index in [1.54, 1.807) is 43.3 Å². The molecule has 2 atom stereocenters. The third kappa shape index (κ3) is 9.74. The molecule has 1 unspecified atom stereocenters. The Morgan fingerprint density at radius 3 is 2.20 bits per heavy atom. The Morgan fingerprint density at radius 2 is 1.63 bits per heavy atom. The highest BCUT2D eigenvalue weighted by molar-refractivity contribution is 7.91. The Hall–Kier alpha value is -3.53. The fourth-order valence-electron chi connectivity index (χ4n) is 5.73. The molecule has 252 valence electrons. The second kappa shape index (κ2) is 14.5. The van der Waals surface area contributed by atoms with Gasteiger partial charge < -0.3 is 15.3 Å². The zero-order valence-electron chi connectivity index (χ0n) is 28.6. The van der Waals surface area contributed by atoms with Crippen LogP contribution in [0.5, 0.6) is 0 Å². The van der Waals surface area contributed by atoms with Crippen molar-refractivity contribution in [2.75, 3.05) is 12.3 Å². The molecule has 3 rings (SSSR count). The Morgan fingerprint density at radius 1 is 1.00 bits per heavy atom. The number of carbonyl (C=O) groups is 3. The summed E-state index contributed by atoms with van der Waals surface area (Å²) in [6, 6.07) is 13.3. The quantitative estimate of drug-likeness (QED) is 0.230. The van der Waals surface area contributed by atoms with Crippen LogP contribution in [0.3, 0.4) is 0 Å². The van der Waals surface area contributed by atoms with Crippen LogP contribution in [0.2, 0.25) is 0 Å². The monoisotopic (exact) mass is 653 g/mol. The number of sulfone groups is 1. The van der Waals surface area contributed by atoms with Gasteiger partial charge >= 0.3 is 5.97 Å². The SMILES string of the molecule is CCS(=O)(=O)c1cccc(C2=NC(C)(CCCC(C)(C)C)N([C@H](CCC(C)(C)C)c3ccc(C(=O)NCCC(=O)O)cc3)C2=O)c1. The van der Waals surface area contributed by atoms with Gasteiger partial charge in [-0.1, -0.05) is 72.7 Å². The number of carbonyl (C=O) groups excluding carboxylic acids is 2. The minimum absolute atomic E-state index is 0.0137. The molecular weight excluding hydrogens is 602 g/mol. The summed E-state index contributed by atoms with van der Waals surface area (Å²) in [7, 11) is -3.49. The molecule has 0 radical (unpaired) electrons. The topological polar surface area (TPSA) is 133 Å². The van der Waals surface area contributed by atoms with Gasteiger partial charge in [0.15, 0.2) is 9.84 Å². The van der Waals surface area contributed by atoms with Crippen LogP contribution >= 0.6 is 0 Å². The second-order valence-electron chi connectivity index (χ2n) is 14.8. The number of carboxylic acids is 1. The lowest BCUT2D eigenvalue weighted by molar-refractivity contribution is -0.137. The van der Waals surface area contributed by atoms with E-state index in [0.29, 0.717) is 24.0 Å². The van der Waals surface area contributed by atoms with E-state index in [9.17, 15) is 22.8 Å². The molecule has 0 saturated carbocycles. The number of nitrogens with one attached hydrogen (secondary N) is 1. The molecule has 2 aromatic rings. The van der Waals surface area contributed by atoms with Gasteiger partial charge in [0.05, 0.1) is 23.1 Å². The summed E-state index contributed by atoms with van der Waals surface area (Å²) in [5, 5.41) is 11.5. The van der Waals surface area contributed by atoms with Crippen LogP contribution in [0, 0.1) is 10.8 Å². The molecule has 0 aromatic heterocycles. The van der Waals surface area contributed by atoms with Gasteiger partial charge in [-0.15, -0.1) is 0 Å². The van der Waals surface area contributed by atoms with Crippen LogP contribution in [0.4, 0.5) is 0 Å². The first-order chi connectivity index (χ1) is 21.3. The van der Waals surface area contributed by atoms with Gasteiger partial charge in [-0.3, -0.25) is 19.4 Å². The number of hydrogen-bond acceptors (Lipinski definition) is 6. The highest BCUT2D eigenvalue weighted by atomic mass is 32.2. The summed E-state index contributed by atoms with van der Waals surface area (Å²) in [5.74, 6) is -1.65. The minimum Gasteiger partial charge on any atom is -0.481 e. The zero-order valence-corrected chi connectivity index (χ0v) is 29.5. The van der Waals surface area contributed by atoms with E-state index in [-0.39, 0.29) is 58.0 Å². The number of hydrogen-bond donors (Lipinski definition) is 2. The highest BCUT2D eigenvalue weighted by Gasteiger charge is 2.47. The number of aliphatic imine (C=N–C) groups is 1. The summed E-state index contributed by atoms with van der Waals surface area (Å²) in [6.07, 6.45) is 3.71. The first-order valence-electron chi connectivity index (χ1n) is 16.1. The fraction of sp³-hybridized carbons (Fsp3) is 0.556. The van der Waals surface area contributed by atoms with Crippen molar-refractivity contribution in [3.8, 4) is 0 Å². The van der Waals surface area contributed by atoms with Gasteiger partial charge in [0.1, 0.15) is 11.4 Å². The smallest absolute Gasteiger partial charge is 0.305 e. The molecule has 0 aliphatic carbocycles. The maximum absolute atomic E-state index is 14.5. The Labute approximate surface area is 274 Å². The van der Waals surface area contributed by atoms with Gasteiger partial charge in [-0.05, 0) is 79.7 Å². The molecular formula is C36H51N3O6S. The van der Waals surface area contributed by atoms with Crippen LogP contribution in [-0.2, 0) is 19.4 Å². The second-order valence-corrected chi connectivity index (χ2v) is 17.1. The van der Waals surface area contributed by atoms with Crippen LogP contribution < -0.4 is 5.32 Å². The minimum atomic E-state index is -3.49. The molecule has 0 saturated heterocycles. The number of benzene rings is 2. The van der Waals surface area contributed by atoms with Crippen molar-refractivity contribution in [3.05, 3.63) is 65.2 Å². The van der Waals surface area contributed by atoms with Crippen molar-refractivity contribution in [2.24, 2.45) is 15.8 Å². The van der Waals surface area contributed by atoms with Crippen LogP contribution in [0.15, 0.2) is 58.4 Å². The normalized spacial score (nSPS) is 18.0. The van der Waals surface area contributed by atoms with E-state index in [1.807, 2.05) is 24.0 Å². The van der Waals surface area contributed by atoms with Gasteiger partial charge in [0.2, 0.25) is 0 Å². The van der Waals surface area contributed by atoms with E-state index in [4.69, 9.17) is 10.1 Å². The third-order valence-corrected chi connectivity index (χ3v) is 10.1. The van der Waals surface area contributed by atoms with E-state index < -0.39 is 21.5 Å². The lowest BCUT2D eigenvalue weighted by Gasteiger charge is -2.41. The summed E-state index contributed by atoms with van der Waals surface area (Å²) < 4.78 is 25.4. The average molecular weight is 654 g/mol. The van der Waals surface area contributed by atoms with E-state index in [1.165, 1.54) is 0 Å². The maximum Gasteiger partial charge on any atom is 0.305 e. The van der Waals surface area contributed by atoms with Crippen molar-refractivity contribution in [1.29, 1.82) is 0 Å². The van der Waals surface area contributed by atoms with Crippen molar-refractivity contribution < 1.29 is 27.9 Å². The zero-order chi connectivity index (χ0) is 34.5. The molecule has 0 fully saturated rings. The lowest BCUT2D eigenvalue weighted by Crippen LogP contribution is -2.47. The van der Waals surface area contributed by atoms with Crippen LogP contribution in [0.1, 0.15) is 121 Å². The largest absolute Gasteiger partial charge is 0.481 e. The molecule has 46 heavy (non-hydrogen) atoms. The number of amides is 2. The van der Waals surface area contributed by atoms with Gasteiger partial charge in [-0.25, -0.2) is 8.42 Å². The fourth-order valence-corrected chi connectivity index (χ4v) is 6.66. The van der Waals surface area contributed by atoms with E-state index in [0.717, 1.165) is 24.8 Å². The molecule has 0 spiro atoms. The van der Waals surface area contributed by atoms with Crippen molar-refractivity contribution in [2.45, 2.75) is 111 Å². The van der Waals surface area contributed by atoms with Gasteiger partial charge in [0.25, 0.3) is 11.8 Å². The summed E-state index contributed by atoms with van der Waals surface area (Å²) in [6.45, 7) is 16.6. The Kier molecular flexibility index (Phi) is 11.6. The first-order valence-corrected chi connectivity index (χ1v) is 17.8. The van der Waals surface area contributed by atoms with Gasteiger partial charge in [-0.2, -0.15) is 0 Å². The number of carboxylic acid groups (broad SMARTS) is 1. The predicted octanol–water partition coefficient (Wildman–Crippen LogP) is 6.82. The summed E-state index contributed by atoms with van der Waals surface area (Å²) >= 11 is 0. The molecule has 1 heterocycles. The molecule has 2 N–H and O–H groups in total. The Balaban J connectivity index is 2.08. The van der Waals surface area contributed by atoms with Crippen molar-refractivity contribution >= 4 is 33.3 Å². The first kappa shape index (κ1) is 36.9. The van der Waals surface area contributed by atoms with E-state index >= 15 is 0 Å². The Bertz CT molecular complexity index is 1550. The third-order valence-electron chi connectivity index (χ3n) is 8.38. The predicted molar refractivity (Wildman–Crippen MR) is 182 cm³/mol.